The second kappa shape index (κ2) is 18.0. The topological polar surface area (TPSA) is 32.8 Å². The first-order chi connectivity index (χ1) is 40.4. The molecule has 5 heterocycles. The highest BCUT2D eigenvalue weighted by Gasteiger charge is 2.48. The maximum atomic E-state index is 7.47. The first-order valence-electron chi connectivity index (χ1n) is 30.0. The summed E-state index contributed by atoms with van der Waals surface area (Å²) in [5.41, 5.74) is 24.0. The zero-order chi connectivity index (χ0) is 57.3. The van der Waals surface area contributed by atoms with E-state index in [1.807, 2.05) is 11.3 Å². The van der Waals surface area contributed by atoms with E-state index in [9.17, 15) is 0 Å². The molecule has 84 heavy (non-hydrogen) atoms. The number of nitrogens with zero attached hydrogens (tertiary/aromatic N) is 2. The van der Waals surface area contributed by atoms with E-state index in [4.69, 9.17) is 8.83 Å². The molecule has 0 amide bonds. The van der Waals surface area contributed by atoms with E-state index < -0.39 is 0 Å². The molecule has 0 bridgehead atoms. The summed E-state index contributed by atoms with van der Waals surface area (Å²) in [6.45, 7) is 23.2. The van der Waals surface area contributed by atoms with Crippen LogP contribution >= 0.6 is 11.3 Å². The monoisotopic (exact) mass is 1110 g/mol. The normalized spacial score (nSPS) is 15.3. The highest BCUT2D eigenvalue weighted by atomic mass is 32.1. The minimum absolute atomic E-state index is 0.0309. The second-order valence-electron chi connectivity index (χ2n) is 27.5. The number of hydrogen-bond donors (Lipinski definition) is 0. The highest BCUT2D eigenvalue weighted by Crippen LogP contribution is 2.56. The first kappa shape index (κ1) is 51.1. The summed E-state index contributed by atoms with van der Waals surface area (Å²) in [5.74, 6) is 0. The Morgan fingerprint density at radius 3 is 1.64 bits per heavy atom. The predicted molar refractivity (Wildman–Crippen MR) is 359 cm³/mol. The second-order valence-corrected chi connectivity index (χ2v) is 28.5. The van der Waals surface area contributed by atoms with E-state index in [1.165, 1.54) is 86.9 Å². The number of anilines is 5. The molecule has 10 aromatic carbocycles. The summed E-state index contributed by atoms with van der Waals surface area (Å²) < 4.78 is 14.7. The van der Waals surface area contributed by atoms with Gasteiger partial charge in [-0.3, -0.25) is 0 Å². The summed E-state index contributed by atoms with van der Waals surface area (Å²) in [6, 6.07) is 75.7. The molecule has 0 N–H and O–H groups in total. The van der Waals surface area contributed by atoms with E-state index in [1.54, 1.807) is 0 Å². The third-order valence-electron chi connectivity index (χ3n) is 19.2. The lowest BCUT2D eigenvalue weighted by molar-refractivity contribution is 0.332. The van der Waals surface area contributed by atoms with Crippen molar-refractivity contribution in [3.63, 3.8) is 0 Å². The molecule has 1 aliphatic carbocycles. The molecular weight excluding hydrogens is 1040 g/mol. The lowest BCUT2D eigenvalue weighted by Crippen LogP contribution is -2.61. The van der Waals surface area contributed by atoms with Crippen molar-refractivity contribution >= 4 is 112 Å². The molecule has 3 aromatic heterocycles. The van der Waals surface area contributed by atoms with Gasteiger partial charge in [0.1, 0.15) is 16.7 Å². The smallest absolute Gasteiger partial charge is 0.333 e. The van der Waals surface area contributed by atoms with Gasteiger partial charge in [-0.1, -0.05) is 203 Å². The fourth-order valence-corrected chi connectivity index (χ4v) is 15.7. The van der Waals surface area contributed by atoms with Crippen LogP contribution in [-0.4, -0.2) is 6.85 Å². The number of thiophene rings is 1. The fraction of sp³-hybridized carbons (Fsp3) is 0.205. The van der Waals surface area contributed by atoms with Crippen molar-refractivity contribution in [2.45, 2.75) is 104 Å². The maximum Gasteiger partial charge on any atom is 0.333 e. The number of furan rings is 2. The van der Waals surface area contributed by atoms with E-state index in [2.05, 4.69) is 279 Å². The van der Waals surface area contributed by atoms with Crippen molar-refractivity contribution in [2.24, 2.45) is 0 Å². The average Bonchev–Trinajstić information content (AvgIpc) is 1.34. The molecule has 6 heteroatoms. The molecule has 0 unspecified atom stereocenters. The van der Waals surface area contributed by atoms with Gasteiger partial charge in [0.15, 0.2) is 5.58 Å². The van der Waals surface area contributed by atoms with Gasteiger partial charge in [-0.2, -0.15) is 0 Å². The van der Waals surface area contributed by atoms with Crippen LogP contribution in [0.25, 0.3) is 97.8 Å². The average molecular weight is 1110 g/mol. The van der Waals surface area contributed by atoms with Gasteiger partial charge in [-0.25, -0.2) is 0 Å². The van der Waals surface area contributed by atoms with Crippen LogP contribution in [0, 0.1) is 0 Å². The Morgan fingerprint density at radius 1 is 0.429 bits per heavy atom. The van der Waals surface area contributed by atoms with Crippen LogP contribution in [-0.2, 0) is 21.7 Å². The van der Waals surface area contributed by atoms with Crippen LogP contribution in [0.3, 0.4) is 0 Å². The van der Waals surface area contributed by atoms with Crippen molar-refractivity contribution in [3.8, 4) is 43.1 Å². The van der Waals surface area contributed by atoms with Gasteiger partial charge in [0.2, 0.25) is 0 Å². The van der Waals surface area contributed by atoms with Crippen molar-refractivity contribution < 1.29 is 8.83 Å². The first-order valence-corrected chi connectivity index (χ1v) is 30.9. The molecule has 4 nitrogen and oxygen atoms in total. The van der Waals surface area contributed by atoms with Gasteiger partial charge in [0.05, 0.1) is 11.4 Å². The third-order valence-corrected chi connectivity index (χ3v) is 20.5. The zero-order valence-electron chi connectivity index (χ0n) is 49.7. The number of rotatable bonds is 5. The molecule has 0 radical (unpaired) electrons. The van der Waals surface area contributed by atoms with Gasteiger partial charge < -0.3 is 18.5 Å². The fourth-order valence-electron chi connectivity index (χ4n) is 14.5. The van der Waals surface area contributed by atoms with Crippen molar-refractivity contribution in [3.05, 3.63) is 222 Å². The summed E-state index contributed by atoms with van der Waals surface area (Å²) in [6.07, 6.45) is 2.28. The molecule has 410 valence electrons. The molecule has 2 aliphatic heterocycles. The quantitative estimate of drug-likeness (QED) is 0.161. The predicted octanol–water partition coefficient (Wildman–Crippen LogP) is 21.4. The number of fused-ring (bicyclic) bond motifs is 13. The molecule has 13 aromatic rings. The lowest BCUT2D eigenvalue weighted by atomic mass is 9.43. The summed E-state index contributed by atoms with van der Waals surface area (Å²) in [7, 11) is 0. The Hall–Kier alpha value is -8.58. The van der Waals surface area contributed by atoms with Crippen LogP contribution < -0.4 is 20.6 Å². The molecule has 16 rings (SSSR count). The summed E-state index contributed by atoms with van der Waals surface area (Å²) >= 11 is 1.89. The third kappa shape index (κ3) is 7.65. The van der Waals surface area contributed by atoms with Crippen LogP contribution in [0.15, 0.2) is 209 Å². The minimum Gasteiger partial charge on any atom is -0.456 e. The van der Waals surface area contributed by atoms with Gasteiger partial charge in [-0.05, 0) is 151 Å². The van der Waals surface area contributed by atoms with Crippen molar-refractivity contribution in [1.82, 2.24) is 0 Å². The van der Waals surface area contributed by atoms with E-state index >= 15 is 0 Å². The molecule has 0 atom stereocenters. The molecule has 3 aliphatic rings. The SMILES string of the molecule is CC(C)(C)c1ccc(N2B3c4cc5c(-c6ccccc6)sc(-c6ccccc6)c5cc4N(c4ccc(C(C)(C)C)cc4-c4ccccc4)c4c3c(cc3c4oc4ccccc43)-c3cc4c(cc32)oc2cc3c(cc24)C(C)(C)CCC3(C)C)cc1. The zero-order valence-corrected chi connectivity index (χ0v) is 50.5. The van der Waals surface area contributed by atoms with Crippen LogP contribution in [0.1, 0.15) is 104 Å². The number of para-hydroxylation sites is 1. The molecule has 0 spiro atoms. The van der Waals surface area contributed by atoms with Gasteiger partial charge in [0.25, 0.3) is 0 Å². The molecule has 0 saturated heterocycles. The van der Waals surface area contributed by atoms with Gasteiger partial charge in [-0.15, -0.1) is 11.3 Å². The Balaban J connectivity index is 1.10. The van der Waals surface area contributed by atoms with Crippen molar-refractivity contribution in [2.75, 3.05) is 9.71 Å². The number of benzene rings is 10. The summed E-state index contributed by atoms with van der Waals surface area (Å²) in [5, 5.41) is 6.96. The van der Waals surface area contributed by atoms with Gasteiger partial charge >= 0.3 is 6.85 Å². The van der Waals surface area contributed by atoms with Gasteiger partial charge in [0, 0.05) is 76.3 Å². The Labute approximate surface area is 497 Å². The Morgan fingerprint density at radius 2 is 0.988 bits per heavy atom. The van der Waals surface area contributed by atoms with Crippen LogP contribution in [0.2, 0.25) is 0 Å². The Kier molecular flexibility index (Phi) is 10.9. The minimum atomic E-state index is -0.315. The van der Waals surface area contributed by atoms with Crippen molar-refractivity contribution in [1.29, 1.82) is 0 Å². The van der Waals surface area contributed by atoms with E-state index in [-0.39, 0.29) is 28.5 Å². The molecule has 0 saturated carbocycles. The standard InChI is InChI=1S/C78H67BN2O2S/c1-75(2,3)49-30-33-51(34-31-49)81-65-45-69-55(56-41-61-62(44-68(56)82-69)78(9,10)37-36-77(61,7)8)39-54(65)57-40-58-52-28-20-21-29-67(52)83-72(58)71-70(57)79(81)63-42-59-60(74(48-26-18-13-19-27-48)84-73(59)47-24-16-12-17-25-47)43-66(63)80(71)64-35-32-50(76(4,5)6)38-53(64)46-22-14-11-15-23-46/h11-35,38-45H,36-37H2,1-10H3. The van der Waals surface area contributed by atoms with E-state index in [0.29, 0.717) is 0 Å². The number of hydrogen-bond acceptors (Lipinski definition) is 5. The molecular formula is C78H67BN2O2S. The van der Waals surface area contributed by atoms with E-state index in [0.717, 1.165) is 85.3 Å². The highest BCUT2D eigenvalue weighted by molar-refractivity contribution is 7.21. The van der Waals surface area contributed by atoms with Crippen LogP contribution in [0.4, 0.5) is 28.4 Å². The largest absolute Gasteiger partial charge is 0.456 e. The van der Waals surface area contributed by atoms with Crippen LogP contribution in [0.5, 0.6) is 0 Å². The summed E-state index contributed by atoms with van der Waals surface area (Å²) in [4.78, 5) is 7.77. The Bertz CT molecular complexity index is 4860. The molecule has 0 fully saturated rings. The lowest BCUT2D eigenvalue weighted by Gasteiger charge is -2.46. The maximum absolute atomic E-state index is 7.47.